The molecule has 6 nitrogen and oxygen atoms in total. The molecule has 18 heavy (non-hydrogen) atoms. The molecule has 1 heterocycles. The molecule has 1 unspecified atom stereocenters. The molecule has 1 aromatic rings. The summed E-state index contributed by atoms with van der Waals surface area (Å²) in [6, 6.07) is 1.17. The molecule has 1 aromatic heterocycles. The van der Waals surface area contributed by atoms with Gasteiger partial charge < -0.3 is 4.90 Å². The van der Waals surface area contributed by atoms with Crippen LogP contribution in [-0.4, -0.2) is 33.8 Å². The van der Waals surface area contributed by atoms with Gasteiger partial charge in [0.1, 0.15) is 11.3 Å². The van der Waals surface area contributed by atoms with E-state index in [9.17, 15) is 14.9 Å². The summed E-state index contributed by atoms with van der Waals surface area (Å²) in [5.74, 6) is -0.370. The fraction of sp³-hybridized carbons (Fsp3) is 0.455. The first kappa shape index (κ1) is 14.4. The van der Waals surface area contributed by atoms with Crippen LogP contribution in [-0.2, 0) is 0 Å². The molecule has 0 aliphatic heterocycles. The number of hydrogen-bond donors (Lipinski definition) is 0. The predicted octanol–water partition coefficient (Wildman–Crippen LogP) is 2.51. The number of rotatable bonds is 4. The molecule has 0 bridgehead atoms. The van der Waals surface area contributed by atoms with Crippen molar-refractivity contribution >= 4 is 23.2 Å². The fourth-order valence-corrected chi connectivity index (χ4v) is 1.54. The summed E-state index contributed by atoms with van der Waals surface area (Å²) < 4.78 is 0. The highest BCUT2D eigenvalue weighted by molar-refractivity contribution is 6.32. The monoisotopic (exact) mass is 271 g/mol. The fourth-order valence-electron chi connectivity index (χ4n) is 1.35. The van der Waals surface area contributed by atoms with Gasteiger partial charge in [0.2, 0.25) is 0 Å². The lowest BCUT2D eigenvalue weighted by atomic mass is 10.2. The first-order chi connectivity index (χ1) is 8.38. The summed E-state index contributed by atoms with van der Waals surface area (Å²) in [6.07, 6.45) is 1.81. The molecule has 1 amide bonds. The Morgan fingerprint density at radius 3 is 2.78 bits per heavy atom. The molecule has 0 fully saturated rings. The molecule has 1 atom stereocenters. The molecule has 0 spiro atoms. The molecule has 0 radical (unpaired) electrons. The van der Waals surface area contributed by atoms with Crippen molar-refractivity contribution in [3.63, 3.8) is 0 Å². The van der Waals surface area contributed by atoms with E-state index in [4.69, 9.17) is 11.6 Å². The van der Waals surface area contributed by atoms with E-state index in [1.54, 1.807) is 7.05 Å². The van der Waals surface area contributed by atoms with Crippen LogP contribution in [0.4, 0.5) is 5.69 Å². The lowest BCUT2D eigenvalue weighted by Crippen LogP contribution is -2.34. The van der Waals surface area contributed by atoms with Gasteiger partial charge in [-0.1, -0.05) is 18.5 Å². The molecular formula is C11H14ClN3O3. The molecule has 0 aromatic carbocycles. The van der Waals surface area contributed by atoms with Crippen molar-refractivity contribution in [2.75, 3.05) is 7.05 Å². The lowest BCUT2D eigenvalue weighted by molar-refractivity contribution is -0.385. The summed E-state index contributed by atoms with van der Waals surface area (Å²) in [5.41, 5.74) is -0.200. The van der Waals surface area contributed by atoms with E-state index in [1.165, 1.54) is 4.90 Å². The van der Waals surface area contributed by atoms with Gasteiger partial charge in [-0.3, -0.25) is 14.9 Å². The van der Waals surface area contributed by atoms with Gasteiger partial charge in [-0.25, -0.2) is 4.98 Å². The quantitative estimate of drug-likeness (QED) is 0.479. The van der Waals surface area contributed by atoms with Gasteiger partial charge in [-0.05, 0) is 13.3 Å². The normalized spacial score (nSPS) is 12.0. The van der Waals surface area contributed by atoms with Crippen LogP contribution in [0.2, 0.25) is 5.15 Å². The Labute approximate surface area is 110 Å². The highest BCUT2D eigenvalue weighted by Gasteiger charge is 2.22. The van der Waals surface area contributed by atoms with E-state index in [-0.39, 0.29) is 28.4 Å². The van der Waals surface area contributed by atoms with E-state index >= 15 is 0 Å². The number of aromatic nitrogens is 1. The van der Waals surface area contributed by atoms with Crippen LogP contribution in [0.1, 0.15) is 30.6 Å². The van der Waals surface area contributed by atoms with Crippen LogP contribution in [0, 0.1) is 10.1 Å². The smallest absolute Gasteiger partial charge is 0.288 e. The van der Waals surface area contributed by atoms with Crippen LogP contribution >= 0.6 is 11.6 Å². The summed E-state index contributed by atoms with van der Waals surface area (Å²) in [4.78, 5) is 27.3. The van der Waals surface area contributed by atoms with E-state index < -0.39 is 4.92 Å². The largest absolute Gasteiger partial charge is 0.339 e. The first-order valence-corrected chi connectivity index (χ1v) is 5.83. The highest BCUT2D eigenvalue weighted by atomic mass is 35.5. The summed E-state index contributed by atoms with van der Waals surface area (Å²) in [5, 5.41) is 10.6. The van der Waals surface area contributed by atoms with E-state index in [1.807, 2.05) is 13.8 Å². The second-order valence-electron chi connectivity index (χ2n) is 3.96. The second-order valence-corrected chi connectivity index (χ2v) is 4.32. The van der Waals surface area contributed by atoms with Crippen molar-refractivity contribution in [2.45, 2.75) is 26.3 Å². The Morgan fingerprint density at radius 2 is 2.28 bits per heavy atom. The Bertz CT molecular complexity index is 479. The number of hydrogen-bond acceptors (Lipinski definition) is 4. The maximum Gasteiger partial charge on any atom is 0.288 e. The molecule has 0 aliphatic carbocycles. The SMILES string of the molecule is CCC(C)N(C)C(=O)c1cc([N+](=O)[O-])cnc1Cl. The minimum absolute atomic E-state index is 0.0211. The van der Waals surface area contributed by atoms with Gasteiger partial charge in [0.05, 0.1) is 10.5 Å². The van der Waals surface area contributed by atoms with Crippen molar-refractivity contribution < 1.29 is 9.72 Å². The van der Waals surface area contributed by atoms with Gasteiger partial charge in [0.25, 0.3) is 11.6 Å². The molecule has 0 saturated heterocycles. The minimum atomic E-state index is -0.608. The van der Waals surface area contributed by atoms with Gasteiger partial charge in [-0.15, -0.1) is 0 Å². The number of carbonyl (C=O) groups is 1. The second kappa shape index (κ2) is 5.77. The van der Waals surface area contributed by atoms with E-state index in [0.29, 0.717) is 0 Å². The summed E-state index contributed by atoms with van der Waals surface area (Å²) in [6.45, 7) is 3.83. The zero-order valence-electron chi connectivity index (χ0n) is 10.4. The minimum Gasteiger partial charge on any atom is -0.339 e. The van der Waals surface area contributed by atoms with Gasteiger partial charge >= 0.3 is 0 Å². The van der Waals surface area contributed by atoms with Gasteiger partial charge in [0.15, 0.2) is 0 Å². The Hall–Kier alpha value is -1.69. The standard InChI is InChI=1S/C11H14ClN3O3/c1-4-7(2)14(3)11(16)9-5-8(15(17)18)6-13-10(9)12/h5-7H,4H2,1-3H3. The average Bonchev–Trinajstić information content (AvgIpc) is 2.36. The highest BCUT2D eigenvalue weighted by Crippen LogP contribution is 2.21. The van der Waals surface area contributed by atoms with Crippen molar-refractivity contribution in [1.29, 1.82) is 0 Å². The number of amides is 1. The third-order valence-corrected chi connectivity index (χ3v) is 3.14. The van der Waals surface area contributed by atoms with Crippen molar-refractivity contribution in [1.82, 2.24) is 9.88 Å². The lowest BCUT2D eigenvalue weighted by Gasteiger charge is -2.23. The zero-order chi connectivity index (χ0) is 13.9. The number of pyridine rings is 1. The average molecular weight is 272 g/mol. The number of nitro groups is 1. The van der Waals surface area contributed by atoms with Gasteiger partial charge in [-0.2, -0.15) is 0 Å². The molecule has 0 N–H and O–H groups in total. The molecular weight excluding hydrogens is 258 g/mol. The Kier molecular flexibility index (Phi) is 4.61. The van der Waals surface area contributed by atoms with Crippen LogP contribution in [0.15, 0.2) is 12.3 Å². The molecule has 0 saturated carbocycles. The zero-order valence-corrected chi connectivity index (χ0v) is 11.1. The third-order valence-electron chi connectivity index (χ3n) is 2.84. The van der Waals surface area contributed by atoms with Crippen LogP contribution in [0.25, 0.3) is 0 Å². The van der Waals surface area contributed by atoms with E-state index in [0.717, 1.165) is 18.7 Å². The van der Waals surface area contributed by atoms with E-state index in [2.05, 4.69) is 4.98 Å². The third kappa shape index (κ3) is 2.95. The van der Waals surface area contributed by atoms with Crippen molar-refractivity contribution in [2.24, 2.45) is 0 Å². The first-order valence-electron chi connectivity index (χ1n) is 5.45. The maximum atomic E-state index is 12.1. The van der Waals surface area contributed by atoms with Crippen LogP contribution in [0.5, 0.6) is 0 Å². The summed E-state index contributed by atoms with van der Waals surface area (Å²) >= 11 is 5.81. The molecule has 7 heteroatoms. The Balaban J connectivity index is 3.12. The summed E-state index contributed by atoms with van der Waals surface area (Å²) in [7, 11) is 1.63. The molecule has 1 rings (SSSR count). The number of carbonyl (C=O) groups excluding carboxylic acids is 1. The van der Waals surface area contributed by atoms with Crippen molar-refractivity contribution in [3.05, 3.63) is 33.1 Å². The molecule has 0 aliphatic rings. The predicted molar refractivity (Wildman–Crippen MR) is 67.7 cm³/mol. The van der Waals surface area contributed by atoms with Gasteiger partial charge in [0, 0.05) is 19.2 Å². The Morgan fingerprint density at radius 1 is 1.67 bits per heavy atom. The topological polar surface area (TPSA) is 76.3 Å². The van der Waals surface area contributed by atoms with Crippen LogP contribution < -0.4 is 0 Å². The maximum absolute atomic E-state index is 12.1. The molecule has 98 valence electrons. The number of nitrogens with zero attached hydrogens (tertiary/aromatic N) is 3. The van der Waals surface area contributed by atoms with Crippen LogP contribution in [0.3, 0.4) is 0 Å². The van der Waals surface area contributed by atoms with Crippen molar-refractivity contribution in [3.8, 4) is 0 Å². The number of halogens is 1.